The van der Waals surface area contributed by atoms with E-state index in [0.717, 1.165) is 16.8 Å². The van der Waals surface area contributed by atoms with Gasteiger partial charge in [0.15, 0.2) is 5.13 Å². The van der Waals surface area contributed by atoms with E-state index in [1.807, 2.05) is 36.6 Å². The average molecular weight is 302 g/mol. The zero-order chi connectivity index (χ0) is 15.0. The van der Waals surface area contributed by atoms with E-state index in [0.29, 0.717) is 10.9 Å². The molecule has 3 rings (SSSR count). The van der Waals surface area contributed by atoms with Crippen molar-refractivity contribution in [3.63, 3.8) is 0 Å². The number of nitrogens with zero attached hydrogens (tertiary/aromatic N) is 2. The van der Waals surface area contributed by atoms with Gasteiger partial charge < -0.3 is 9.84 Å². The van der Waals surface area contributed by atoms with Crippen LogP contribution in [-0.4, -0.2) is 23.2 Å². The minimum Gasteiger partial charge on any atom is -0.409 e. The van der Waals surface area contributed by atoms with E-state index in [2.05, 4.69) is 4.98 Å². The number of thiazole rings is 1. The first kappa shape index (κ1) is 13.8. The number of benzene rings is 1. The van der Waals surface area contributed by atoms with Crippen LogP contribution in [0.15, 0.2) is 35.7 Å². The molecule has 1 unspecified atom stereocenters. The third-order valence-electron chi connectivity index (χ3n) is 3.22. The SMILES string of the molecule is Cc1csc(N(C)C(=O)OC2=CC(O)c3ccccc32)n1. The molecule has 1 aliphatic carbocycles. The standard InChI is InChI=1S/C15H14N2O3S/c1-9-8-21-14(16-9)17(2)15(19)20-13-7-12(18)10-5-3-4-6-11(10)13/h3-8,12,18H,1-2H3. The zero-order valence-corrected chi connectivity index (χ0v) is 12.4. The van der Waals surface area contributed by atoms with Crippen LogP contribution in [0.2, 0.25) is 0 Å². The molecule has 1 aromatic carbocycles. The van der Waals surface area contributed by atoms with Gasteiger partial charge in [0.2, 0.25) is 0 Å². The Morgan fingerprint density at radius 1 is 1.43 bits per heavy atom. The van der Waals surface area contributed by atoms with Gasteiger partial charge in [-0.25, -0.2) is 9.78 Å². The Bertz CT molecular complexity index is 723. The number of hydrogen-bond donors (Lipinski definition) is 1. The molecule has 6 heteroatoms. The molecular formula is C15H14N2O3S. The third-order valence-corrected chi connectivity index (χ3v) is 4.25. The number of hydrogen-bond acceptors (Lipinski definition) is 5. The molecular weight excluding hydrogens is 288 g/mol. The van der Waals surface area contributed by atoms with Gasteiger partial charge in [0.1, 0.15) is 11.9 Å². The van der Waals surface area contributed by atoms with Crippen LogP contribution in [0.5, 0.6) is 0 Å². The molecule has 108 valence electrons. The second-order valence-electron chi connectivity index (χ2n) is 4.76. The van der Waals surface area contributed by atoms with Crippen molar-refractivity contribution in [2.45, 2.75) is 13.0 Å². The van der Waals surface area contributed by atoms with Gasteiger partial charge in [0.25, 0.3) is 0 Å². The number of aliphatic hydroxyl groups excluding tert-OH is 1. The molecule has 0 aliphatic heterocycles. The summed E-state index contributed by atoms with van der Waals surface area (Å²) in [4.78, 5) is 17.8. The highest BCUT2D eigenvalue weighted by Gasteiger charge is 2.26. The summed E-state index contributed by atoms with van der Waals surface area (Å²) in [5, 5.41) is 12.4. The Labute approximate surface area is 126 Å². The van der Waals surface area contributed by atoms with Crippen molar-refractivity contribution in [1.82, 2.24) is 4.98 Å². The maximum absolute atomic E-state index is 12.2. The molecule has 1 N–H and O–H groups in total. The van der Waals surface area contributed by atoms with E-state index in [1.165, 1.54) is 22.3 Å². The first-order valence-electron chi connectivity index (χ1n) is 6.43. The molecule has 1 aliphatic rings. The minimum atomic E-state index is -0.739. The van der Waals surface area contributed by atoms with E-state index < -0.39 is 12.2 Å². The van der Waals surface area contributed by atoms with Gasteiger partial charge in [-0.2, -0.15) is 0 Å². The third kappa shape index (κ3) is 2.55. The van der Waals surface area contributed by atoms with Gasteiger partial charge in [-0.15, -0.1) is 11.3 Å². The van der Waals surface area contributed by atoms with E-state index in [-0.39, 0.29) is 0 Å². The number of aromatic nitrogens is 1. The predicted molar refractivity (Wildman–Crippen MR) is 81.1 cm³/mol. The smallest absolute Gasteiger partial charge is 0.409 e. The van der Waals surface area contributed by atoms with Crippen molar-refractivity contribution in [3.8, 4) is 0 Å². The first-order valence-corrected chi connectivity index (χ1v) is 7.31. The molecule has 1 heterocycles. The highest BCUT2D eigenvalue weighted by Crippen LogP contribution is 2.35. The molecule has 21 heavy (non-hydrogen) atoms. The Hall–Kier alpha value is -2.18. The van der Waals surface area contributed by atoms with Crippen molar-refractivity contribution >= 4 is 28.3 Å². The summed E-state index contributed by atoms with van der Waals surface area (Å²) in [6.45, 7) is 1.87. The maximum atomic E-state index is 12.2. The van der Waals surface area contributed by atoms with Gasteiger partial charge in [-0.3, -0.25) is 4.90 Å². The average Bonchev–Trinajstić information content (AvgIpc) is 3.04. The number of aryl methyl sites for hydroxylation is 1. The monoisotopic (exact) mass is 302 g/mol. The molecule has 0 saturated carbocycles. The summed E-state index contributed by atoms with van der Waals surface area (Å²) < 4.78 is 5.39. The zero-order valence-electron chi connectivity index (χ0n) is 11.6. The van der Waals surface area contributed by atoms with Crippen LogP contribution in [0.25, 0.3) is 5.76 Å². The lowest BCUT2D eigenvalue weighted by atomic mass is 10.1. The number of carbonyl (C=O) groups excluding carboxylic acids is 1. The Morgan fingerprint density at radius 2 is 2.19 bits per heavy atom. The summed E-state index contributed by atoms with van der Waals surface area (Å²) in [6.07, 6.45) is 0.264. The summed E-state index contributed by atoms with van der Waals surface area (Å²) in [6, 6.07) is 7.31. The van der Waals surface area contributed by atoms with E-state index >= 15 is 0 Å². The lowest BCUT2D eigenvalue weighted by molar-refractivity contribution is 0.200. The lowest BCUT2D eigenvalue weighted by Gasteiger charge is -2.14. The Kier molecular flexibility index (Phi) is 3.48. The predicted octanol–water partition coefficient (Wildman–Crippen LogP) is 3.11. The molecule has 1 atom stereocenters. The van der Waals surface area contributed by atoms with Crippen LogP contribution in [0.1, 0.15) is 22.9 Å². The molecule has 0 bridgehead atoms. The number of amides is 1. The Balaban J connectivity index is 1.78. The summed E-state index contributed by atoms with van der Waals surface area (Å²) in [7, 11) is 1.61. The van der Waals surface area contributed by atoms with Crippen LogP contribution in [-0.2, 0) is 4.74 Å². The lowest BCUT2D eigenvalue weighted by Crippen LogP contribution is -2.26. The van der Waals surface area contributed by atoms with E-state index in [1.54, 1.807) is 7.05 Å². The van der Waals surface area contributed by atoms with Crippen molar-refractivity contribution < 1.29 is 14.6 Å². The molecule has 0 saturated heterocycles. The Morgan fingerprint density at radius 3 is 2.90 bits per heavy atom. The topological polar surface area (TPSA) is 62.7 Å². The fourth-order valence-corrected chi connectivity index (χ4v) is 2.89. The van der Waals surface area contributed by atoms with Gasteiger partial charge in [-0.05, 0) is 18.6 Å². The van der Waals surface area contributed by atoms with Crippen molar-refractivity contribution in [1.29, 1.82) is 0 Å². The second kappa shape index (κ2) is 5.31. The van der Waals surface area contributed by atoms with Crippen molar-refractivity contribution in [2.24, 2.45) is 0 Å². The molecule has 0 radical (unpaired) electrons. The van der Waals surface area contributed by atoms with Crippen LogP contribution in [0, 0.1) is 6.92 Å². The number of ether oxygens (including phenoxy) is 1. The number of carbonyl (C=O) groups is 1. The van der Waals surface area contributed by atoms with Gasteiger partial charge in [0.05, 0.1) is 5.69 Å². The maximum Gasteiger partial charge on any atom is 0.421 e. The number of fused-ring (bicyclic) bond motifs is 1. The largest absolute Gasteiger partial charge is 0.421 e. The molecule has 1 amide bonds. The van der Waals surface area contributed by atoms with Gasteiger partial charge >= 0.3 is 6.09 Å². The molecule has 0 fully saturated rings. The quantitative estimate of drug-likeness (QED) is 0.926. The fraction of sp³-hybridized carbons (Fsp3) is 0.200. The van der Waals surface area contributed by atoms with Gasteiger partial charge in [-0.1, -0.05) is 24.3 Å². The van der Waals surface area contributed by atoms with Crippen LogP contribution < -0.4 is 4.90 Å². The second-order valence-corrected chi connectivity index (χ2v) is 5.60. The van der Waals surface area contributed by atoms with Gasteiger partial charge in [0, 0.05) is 18.0 Å². The van der Waals surface area contributed by atoms with Crippen molar-refractivity contribution in [2.75, 3.05) is 11.9 Å². The summed E-state index contributed by atoms with van der Waals surface area (Å²) in [5.74, 6) is 0.378. The highest BCUT2D eigenvalue weighted by molar-refractivity contribution is 7.13. The highest BCUT2D eigenvalue weighted by atomic mass is 32.1. The van der Waals surface area contributed by atoms with E-state index in [9.17, 15) is 9.90 Å². The fourth-order valence-electron chi connectivity index (χ4n) is 2.13. The molecule has 0 spiro atoms. The molecule has 5 nitrogen and oxygen atoms in total. The number of anilines is 1. The van der Waals surface area contributed by atoms with Crippen LogP contribution >= 0.6 is 11.3 Å². The number of aliphatic hydroxyl groups is 1. The summed E-state index contributed by atoms with van der Waals surface area (Å²) >= 11 is 1.38. The normalized spacial score (nSPS) is 16.3. The summed E-state index contributed by atoms with van der Waals surface area (Å²) in [5.41, 5.74) is 2.34. The van der Waals surface area contributed by atoms with Crippen molar-refractivity contribution in [3.05, 3.63) is 52.5 Å². The van der Waals surface area contributed by atoms with Crippen LogP contribution in [0.4, 0.5) is 9.93 Å². The van der Waals surface area contributed by atoms with Crippen LogP contribution in [0.3, 0.4) is 0 Å². The number of rotatable bonds is 2. The minimum absolute atomic E-state index is 0.378. The molecule has 2 aromatic rings. The van der Waals surface area contributed by atoms with E-state index in [4.69, 9.17) is 4.74 Å². The molecule has 1 aromatic heterocycles. The first-order chi connectivity index (χ1) is 10.1.